The fourth-order valence-electron chi connectivity index (χ4n) is 4.94. The standard InChI is InChI=1S/C35H25N3O/c1-3-10-24(11-4-1)25-18-20-27(21-19-25)32-23-31(26-12-5-2-6-13-26)36-34(37-32)28-14-9-15-29(22-28)35-38-30-16-7-8-17-33(30)39-35/h1-23,32H,(H,36,37). The number of hydrogen-bond acceptors (Lipinski definition) is 4. The van der Waals surface area contributed by atoms with E-state index in [0.29, 0.717) is 5.89 Å². The van der Waals surface area contributed by atoms with Crippen molar-refractivity contribution in [2.75, 3.05) is 0 Å². The van der Waals surface area contributed by atoms with Crippen molar-refractivity contribution in [1.29, 1.82) is 0 Å². The number of rotatable bonds is 5. The van der Waals surface area contributed by atoms with E-state index in [1.54, 1.807) is 0 Å². The molecule has 7 rings (SSSR count). The van der Waals surface area contributed by atoms with Gasteiger partial charge in [-0.05, 0) is 52.6 Å². The lowest BCUT2D eigenvalue weighted by Crippen LogP contribution is -2.27. The molecular weight excluding hydrogens is 478 g/mol. The van der Waals surface area contributed by atoms with Crippen molar-refractivity contribution in [1.82, 2.24) is 10.3 Å². The van der Waals surface area contributed by atoms with Gasteiger partial charge in [0.1, 0.15) is 11.4 Å². The lowest BCUT2D eigenvalue weighted by Gasteiger charge is -2.23. The third kappa shape index (κ3) is 4.64. The van der Waals surface area contributed by atoms with Gasteiger partial charge in [0, 0.05) is 16.8 Å². The Bertz CT molecular complexity index is 1780. The van der Waals surface area contributed by atoms with E-state index in [1.807, 2.05) is 48.5 Å². The number of nitrogens with one attached hydrogen (secondary N) is 1. The molecule has 1 unspecified atom stereocenters. The SMILES string of the molecule is C1=C(c2ccccc2)NC(c2cccc(-c3nc4ccccc4o3)c2)=NC1c1ccc(-c2ccccc2)cc1. The third-order valence-corrected chi connectivity index (χ3v) is 6.97. The van der Waals surface area contributed by atoms with E-state index in [-0.39, 0.29) is 6.04 Å². The molecule has 1 aromatic heterocycles. The van der Waals surface area contributed by atoms with Gasteiger partial charge in [-0.2, -0.15) is 0 Å². The number of benzene rings is 5. The van der Waals surface area contributed by atoms with Gasteiger partial charge >= 0.3 is 0 Å². The normalized spacial score (nSPS) is 14.9. The fraction of sp³-hybridized carbons (Fsp3) is 0.0286. The van der Waals surface area contributed by atoms with Gasteiger partial charge in [0.15, 0.2) is 5.58 Å². The number of amidine groups is 1. The second kappa shape index (κ2) is 9.92. The highest BCUT2D eigenvalue weighted by Crippen LogP contribution is 2.31. The predicted molar refractivity (Wildman–Crippen MR) is 158 cm³/mol. The topological polar surface area (TPSA) is 50.4 Å². The molecule has 4 nitrogen and oxygen atoms in total. The average molecular weight is 504 g/mol. The van der Waals surface area contributed by atoms with Gasteiger partial charge < -0.3 is 9.73 Å². The van der Waals surface area contributed by atoms with Crippen LogP contribution in [0.1, 0.15) is 22.7 Å². The van der Waals surface area contributed by atoms with Gasteiger partial charge in [-0.3, -0.25) is 4.99 Å². The van der Waals surface area contributed by atoms with Crippen molar-refractivity contribution < 1.29 is 4.42 Å². The fourth-order valence-corrected chi connectivity index (χ4v) is 4.94. The summed E-state index contributed by atoms with van der Waals surface area (Å²) in [6.45, 7) is 0. The van der Waals surface area contributed by atoms with Crippen LogP contribution in [0, 0.1) is 0 Å². The Balaban J connectivity index is 1.27. The van der Waals surface area contributed by atoms with Gasteiger partial charge in [0.2, 0.25) is 5.89 Å². The molecule has 4 heteroatoms. The molecule has 0 aliphatic carbocycles. The summed E-state index contributed by atoms with van der Waals surface area (Å²) in [7, 11) is 0. The Kier molecular flexibility index (Phi) is 5.83. The zero-order valence-electron chi connectivity index (χ0n) is 21.2. The van der Waals surface area contributed by atoms with Crippen LogP contribution in [0.3, 0.4) is 0 Å². The first-order chi connectivity index (χ1) is 19.3. The Morgan fingerprint density at radius 2 is 1.21 bits per heavy atom. The number of fused-ring (bicyclic) bond motifs is 1. The van der Waals surface area contributed by atoms with E-state index in [4.69, 9.17) is 9.41 Å². The molecule has 186 valence electrons. The van der Waals surface area contributed by atoms with Crippen LogP contribution < -0.4 is 5.32 Å². The number of aliphatic imine (C=N–C) groups is 1. The minimum absolute atomic E-state index is 0.130. The first-order valence-electron chi connectivity index (χ1n) is 13.0. The molecule has 6 aromatic rings. The molecule has 5 aromatic carbocycles. The van der Waals surface area contributed by atoms with Crippen molar-refractivity contribution in [2.24, 2.45) is 4.99 Å². The van der Waals surface area contributed by atoms with E-state index < -0.39 is 0 Å². The second-order valence-corrected chi connectivity index (χ2v) is 9.55. The van der Waals surface area contributed by atoms with Crippen molar-refractivity contribution in [2.45, 2.75) is 6.04 Å². The van der Waals surface area contributed by atoms with Crippen molar-refractivity contribution in [3.8, 4) is 22.6 Å². The lowest BCUT2D eigenvalue weighted by atomic mass is 9.98. The number of para-hydroxylation sites is 2. The number of oxazole rings is 1. The molecule has 0 radical (unpaired) electrons. The molecular formula is C35H25N3O. The summed E-state index contributed by atoms with van der Waals surface area (Å²) >= 11 is 0. The van der Waals surface area contributed by atoms with Crippen molar-refractivity contribution in [3.05, 3.63) is 156 Å². The van der Waals surface area contributed by atoms with Crippen LogP contribution in [0.2, 0.25) is 0 Å². The molecule has 1 aliphatic rings. The van der Waals surface area contributed by atoms with Crippen molar-refractivity contribution in [3.63, 3.8) is 0 Å². The Labute approximate surface area is 227 Å². The van der Waals surface area contributed by atoms with Crippen LogP contribution in [0.15, 0.2) is 149 Å². The zero-order valence-corrected chi connectivity index (χ0v) is 21.2. The smallest absolute Gasteiger partial charge is 0.227 e. The van der Waals surface area contributed by atoms with E-state index in [2.05, 4.69) is 101 Å². The highest BCUT2D eigenvalue weighted by molar-refractivity contribution is 6.05. The number of nitrogens with zero attached hydrogens (tertiary/aromatic N) is 2. The maximum Gasteiger partial charge on any atom is 0.227 e. The molecule has 1 aliphatic heterocycles. The van der Waals surface area contributed by atoms with Crippen LogP contribution in [0.25, 0.3) is 39.4 Å². The van der Waals surface area contributed by atoms with E-state index in [1.165, 1.54) is 11.1 Å². The maximum absolute atomic E-state index is 6.04. The molecule has 0 saturated heterocycles. The van der Waals surface area contributed by atoms with Crippen LogP contribution in [0.4, 0.5) is 0 Å². The molecule has 0 amide bonds. The van der Waals surface area contributed by atoms with Crippen LogP contribution in [-0.4, -0.2) is 10.8 Å². The van der Waals surface area contributed by atoms with Gasteiger partial charge in [-0.1, -0.05) is 109 Å². The minimum atomic E-state index is -0.130. The minimum Gasteiger partial charge on any atom is -0.436 e. The first-order valence-corrected chi connectivity index (χ1v) is 13.0. The van der Waals surface area contributed by atoms with Gasteiger partial charge in [-0.25, -0.2) is 4.98 Å². The van der Waals surface area contributed by atoms with E-state index in [9.17, 15) is 0 Å². The number of aromatic nitrogens is 1. The van der Waals surface area contributed by atoms with Gasteiger partial charge in [0.25, 0.3) is 0 Å². The Morgan fingerprint density at radius 1 is 0.564 bits per heavy atom. The molecule has 1 N–H and O–H groups in total. The second-order valence-electron chi connectivity index (χ2n) is 9.55. The van der Waals surface area contributed by atoms with Crippen LogP contribution in [-0.2, 0) is 0 Å². The van der Waals surface area contributed by atoms with Crippen LogP contribution >= 0.6 is 0 Å². The van der Waals surface area contributed by atoms with E-state index in [0.717, 1.165) is 44.9 Å². The Hall–Kier alpha value is -5.22. The summed E-state index contributed by atoms with van der Waals surface area (Å²) < 4.78 is 6.04. The highest BCUT2D eigenvalue weighted by Gasteiger charge is 2.20. The molecule has 0 saturated carbocycles. The molecule has 39 heavy (non-hydrogen) atoms. The van der Waals surface area contributed by atoms with Crippen molar-refractivity contribution >= 4 is 22.6 Å². The summed E-state index contributed by atoms with van der Waals surface area (Å²) in [6.07, 6.45) is 2.20. The highest BCUT2D eigenvalue weighted by atomic mass is 16.3. The molecule has 0 spiro atoms. The summed E-state index contributed by atoms with van der Waals surface area (Å²) in [4.78, 5) is 9.85. The monoisotopic (exact) mass is 503 g/mol. The largest absolute Gasteiger partial charge is 0.436 e. The molecule has 0 bridgehead atoms. The quantitative estimate of drug-likeness (QED) is 0.257. The van der Waals surface area contributed by atoms with Crippen LogP contribution in [0.5, 0.6) is 0 Å². The molecule has 2 heterocycles. The first kappa shape index (κ1) is 22.9. The summed E-state index contributed by atoms with van der Waals surface area (Å²) in [5, 5.41) is 3.59. The number of hydrogen-bond donors (Lipinski definition) is 1. The molecule has 0 fully saturated rings. The average Bonchev–Trinajstić information content (AvgIpc) is 3.47. The summed E-state index contributed by atoms with van der Waals surface area (Å²) in [6, 6.07) is 45.4. The Morgan fingerprint density at radius 3 is 1.97 bits per heavy atom. The van der Waals surface area contributed by atoms with Gasteiger partial charge in [-0.15, -0.1) is 0 Å². The summed E-state index contributed by atoms with van der Waals surface area (Å²) in [5.41, 5.74) is 9.19. The summed E-state index contributed by atoms with van der Waals surface area (Å²) in [5.74, 6) is 1.41. The predicted octanol–water partition coefficient (Wildman–Crippen LogP) is 8.29. The van der Waals surface area contributed by atoms with E-state index >= 15 is 0 Å². The third-order valence-electron chi connectivity index (χ3n) is 6.97. The maximum atomic E-state index is 6.04. The molecule has 1 atom stereocenters. The zero-order chi connectivity index (χ0) is 26.0. The van der Waals surface area contributed by atoms with Gasteiger partial charge in [0.05, 0.1) is 6.04 Å². The lowest BCUT2D eigenvalue weighted by molar-refractivity contribution is 0.620.